The lowest BCUT2D eigenvalue weighted by Gasteiger charge is -1.97. The number of nitrogens with one attached hydrogen (secondary N) is 1. The normalized spacial score (nSPS) is 10.6. The van der Waals surface area contributed by atoms with Crippen LogP contribution in [0.3, 0.4) is 0 Å². The highest BCUT2D eigenvalue weighted by molar-refractivity contribution is 7.14. The van der Waals surface area contributed by atoms with Crippen molar-refractivity contribution in [3.63, 3.8) is 0 Å². The predicted octanol–water partition coefficient (Wildman–Crippen LogP) is 3.11. The van der Waals surface area contributed by atoms with Crippen molar-refractivity contribution in [3.05, 3.63) is 47.3 Å². The molecule has 1 N–H and O–H groups in total. The highest BCUT2D eigenvalue weighted by atomic mass is 32.1. The third-order valence-electron chi connectivity index (χ3n) is 2.53. The monoisotopic (exact) mass is 272 g/mol. The number of hydrogen-bond acceptors (Lipinski definition) is 6. The summed E-state index contributed by atoms with van der Waals surface area (Å²) in [4.78, 5) is 8.76. The minimum Gasteiger partial charge on any atom is -0.361 e. The third kappa shape index (κ3) is 2.79. The van der Waals surface area contributed by atoms with Gasteiger partial charge in [-0.1, -0.05) is 11.2 Å². The fraction of sp³-hybridized carbons (Fsp3) is 0.154. The van der Waals surface area contributed by atoms with E-state index in [0.717, 1.165) is 28.0 Å². The molecule has 3 heterocycles. The van der Waals surface area contributed by atoms with Gasteiger partial charge in [-0.25, -0.2) is 4.98 Å². The van der Waals surface area contributed by atoms with Gasteiger partial charge in [0, 0.05) is 17.6 Å². The Balaban J connectivity index is 1.68. The van der Waals surface area contributed by atoms with Crippen molar-refractivity contribution >= 4 is 16.5 Å². The van der Waals surface area contributed by atoms with Gasteiger partial charge in [-0.05, 0) is 19.1 Å². The minimum absolute atomic E-state index is 0.604. The average molecular weight is 272 g/mol. The second kappa shape index (κ2) is 5.19. The van der Waals surface area contributed by atoms with Gasteiger partial charge in [-0.15, -0.1) is 11.3 Å². The van der Waals surface area contributed by atoms with E-state index in [0.29, 0.717) is 6.54 Å². The van der Waals surface area contributed by atoms with Crippen LogP contribution in [0.25, 0.3) is 11.4 Å². The van der Waals surface area contributed by atoms with Gasteiger partial charge in [0.05, 0.1) is 12.2 Å². The Morgan fingerprint density at radius 2 is 2.26 bits per heavy atom. The first-order valence-corrected chi connectivity index (χ1v) is 6.72. The zero-order chi connectivity index (χ0) is 13.1. The molecule has 0 amide bonds. The maximum absolute atomic E-state index is 5.01. The lowest BCUT2D eigenvalue weighted by atomic mass is 10.3. The van der Waals surface area contributed by atoms with E-state index < -0.39 is 0 Å². The van der Waals surface area contributed by atoms with E-state index in [1.807, 2.05) is 36.6 Å². The number of anilines is 1. The van der Waals surface area contributed by atoms with Crippen molar-refractivity contribution in [2.45, 2.75) is 13.5 Å². The second-order valence-electron chi connectivity index (χ2n) is 4.04. The predicted molar refractivity (Wildman–Crippen MR) is 73.9 cm³/mol. The van der Waals surface area contributed by atoms with Crippen molar-refractivity contribution < 1.29 is 4.52 Å². The maximum Gasteiger partial charge on any atom is 0.183 e. The number of thiazole rings is 1. The summed E-state index contributed by atoms with van der Waals surface area (Å²) in [6, 6.07) is 7.69. The van der Waals surface area contributed by atoms with E-state index in [-0.39, 0.29) is 0 Å². The Bertz CT molecular complexity index is 662. The van der Waals surface area contributed by atoms with Crippen molar-refractivity contribution in [2.75, 3.05) is 5.32 Å². The highest BCUT2D eigenvalue weighted by Gasteiger charge is 2.06. The highest BCUT2D eigenvalue weighted by Crippen LogP contribution is 2.23. The van der Waals surface area contributed by atoms with E-state index in [4.69, 9.17) is 4.52 Å². The van der Waals surface area contributed by atoms with E-state index >= 15 is 0 Å². The number of aryl methyl sites for hydroxylation is 1. The van der Waals surface area contributed by atoms with Crippen LogP contribution in [0.15, 0.2) is 40.4 Å². The Morgan fingerprint density at radius 1 is 1.32 bits per heavy atom. The molecule has 0 aliphatic heterocycles. The fourth-order valence-corrected chi connectivity index (χ4v) is 2.36. The van der Waals surface area contributed by atoms with Crippen LogP contribution in [-0.4, -0.2) is 15.1 Å². The molecule has 0 saturated heterocycles. The van der Waals surface area contributed by atoms with E-state index in [1.165, 1.54) is 0 Å². The summed E-state index contributed by atoms with van der Waals surface area (Å²) in [6.07, 6.45) is 1.76. The number of hydrogen-bond donors (Lipinski definition) is 1. The molecule has 96 valence electrons. The average Bonchev–Trinajstić information content (AvgIpc) is 3.06. The molecular formula is C13H12N4OS. The SMILES string of the molecule is Cc1cc(CNc2nc(-c3ccccn3)cs2)no1. The third-order valence-corrected chi connectivity index (χ3v) is 3.33. The van der Waals surface area contributed by atoms with Gasteiger partial charge in [-0.3, -0.25) is 4.98 Å². The standard InChI is InChI=1S/C13H12N4OS/c1-9-6-10(17-18-9)7-15-13-16-12(8-19-13)11-4-2-3-5-14-11/h2-6,8H,7H2,1H3,(H,15,16). The molecule has 0 aliphatic rings. The van der Waals surface area contributed by atoms with Crippen molar-refractivity contribution in [1.82, 2.24) is 15.1 Å². The lowest BCUT2D eigenvalue weighted by molar-refractivity contribution is 0.391. The van der Waals surface area contributed by atoms with E-state index in [9.17, 15) is 0 Å². The zero-order valence-corrected chi connectivity index (χ0v) is 11.1. The molecule has 0 fully saturated rings. The van der Waals surface area contributed by atoms with Crippen LogP contribution < -0.4 is 5.32 Å². The summed E-state index contributed by atoms with van der Waals surface area (Å²) in [5.41, 5.74) is 2.63. The number of pyridine rings is 1. The second-order valence-corrected chi connectivity index (χ2v) is 4.89. The number of aromatic nitrogens is 3. The number of rotatable bonds is 4. The van der Waals surface area contributed by atoms with E-state index in [1.54, 1.807) is 17.5 Å². The molecular weight excluding hydrogens is 260 g/mol. The first kappa shape index (κ1) is 11.9. The quantitative estimate of drug-likeness (QED) is 0.790. The van der Waals surface area contributed by atoms with Crippen LogP contribution in [0.5, 0.6) is 0 Å². The summed E-state index contributed by atoms with van der Waals surface area (Å²) < 4.78 is 5.01. The lowest BCUT2D eigenvalue weighted by Crippen LogP contribution is -1.98. The van der Waals surface area contributed by atoms with Crippen LogP contribution in [0.1, 0.15) is 11.5 Å². The summed E-state index contributed by atoms with van der Waals surface area (Å²) in [6.45, 7) is 2.48. The smallest absolute Gasteiger partial charge is 0.183 e. The largest absolute Gasteiger partial charge is 0.361 e. The molecule has 3 rings (SSSR count). The van der Waals surface area contributed by atoms with Gasteiger partial charge in [0.2, 0.25) is 0 Å². The first-order chi connectivity index (χ1) is 9.31. The Hall–Kier alpha value is -2.21. The summed E-state index contributed by atoms with van der Waals surface area (Å²) in [7, 11) is 0. The summed E-state index contributed by atoms with van der Waals surface area (Å²) >= 11 is 1.55. The van der Waals surface area contributed by atoms with Crippen LogP contribution in [0, 0.1) is 6.92 Å². The van der Waals surface area contributed by atoms with Crippen LogP contribution in [-0.2, 0) is 6.54 Å². The van der Waals surface area contributed by atoms with Crippen molar-refractivity contribution in [1.29, 1.82) is 0 Å². The Morgan fingerprint density at radius 3 is 3.00 bits per heavy atom. The van der Waals surface area contributed by atoms with Crippen LogP contribution >= 0.6 is 11.3 Å². The van der Waals surface area contributed by atoms with Gasteiger partial charge in [0.15, 0.2) is 5.13 Å². The maximum atomic E-state index is 5.01. The molecule has 0 saturated carbocycles. The first-order valence-electron chi connectivity index (χ1n) is 5.84. The molecule has 3 aromatic rings. The molecule has 0 bridgehead atoms. The Kier molecular flexibility index (Phi) is 3.24. The van der Waals surface area contributed by atoms with Crippen LogP contribution in [0.4, 0.5) is 5.13 Å². The van der Waals surface area contributed by atoms with Gasteiger partial charge >= 0.3 is 0 Å². The summed E-state index contributed by atoms with van der Waals surface area (Å²) in [5.74, 6) is 0.810. The molecule has 5 nitrogen and oxygen atoms in total. The van der Waals surface area contributed by atoms with Gasteiger partial charge in [0.25, 0.3) is 0 Å². The molecule has 0 aliphatic carbocycles. The van der Waals surface area contributed by atoms with Crippen LogP contribution in [0.2, 0.25) is 0 Å². The van der Waals surface area contributed by atoms with Gasteiger partial charge in [0.1, 0.15) is 17.1 Å². The molecule has 3 aromatic heterocycles. The fourth-order valence-electron chi connectivity index (χ4n) is 1.65. The summed E-state index contributed by atoms with van der Waals surface area (Å²) in [5, 5.41) is 9.98. The molecule has 0 aromatic carbocycles. The van der Waals surface area contributed by atoms with Gasteiger partial charge in [-0.2, -0.15) is 0 Å². The van der Waals surface area contributed by atoms with E-state index in [2.05, 4.69) is 20.4 Å². The van der Waals surface area contributed by atoms with Gasteiger partial charge < -0.3 is 9.84 Å². The number of nitrogens with zero attached hydrogens (tertiary/aromatic N) is 3. The molecule has 0 radical (unpaired) electrons. The molecule has 19 heavy (non-hydrogen) atoms. The molecule has 0 unspecified atom stereocenters. The van der Waals surface area contributed by atoms with Crippen molar-refractivity contribution in [2.24, 2.45) is 0 Å². The zero-order valence-electron chi connectivity index (χ0n) is 10.3. The molecule has 0 spiro atoms. The Labute approximate surface area is 114 Å². The van der Waals surface area contributed by atoms with Crippen molar-refractivity contribution in [3.8, 4) is 11.4 Å². The minimum atomic E-state index is 0.604. The topological polar surface area (TPSA) is 63.8 Å². The molecule has 0 atom stereocenters. The molecule has 6 heteroatoms.